The number of hydrogen-bond acceptors (Lipinski definition) is 4. The summed E-state index contributed by atoms with van der Waals surface area (Å²) >= 11 is 3.39. The van der Waals surface area contributed by atoms with E-state index in [2.05, 4.69) is 15.9 Å². The Balaban J connectivity index is 1.94. The number of ether oxygens (including phenoxy) is 4. The van der Waals surface area contributed by atoms with Crippen molar-refractivity contribution in [2.24, 2.45) is 0 Å². The van der Waals surface area contributed by atoms with Gasteiger partial charge >= 0.3 is 0 Å². The van der Waals surface area contributed by atoms with Gasteiger partial charge in [0.1, 0.15) is 12.7 Å². The van der Waals surface area contributed by atoms with Gasteiger partial charge in [0.05, 0.1) is 13.7 Å². The molecule has 1 aromatic rings. The van der Waals surface area contributed by atoms with Crippen molar-refractivity contribution in [3.8, 4) is 11.5 Å². The fourth-order valence-corrected chi connectivity index (χ4v) is 2.13. The molecule has 2 rings (SSSR count). The lowest BCUT2D eigenvalue weighted by Crippen LogP contribution is -2.25. The summed E-state index contributed by atoms with van der Waals surface area (Å²) in [6, 6.07) is 5.64. The minimum Gasteiger partial charge on any atom is -0.493 e. The van der Waals surface area contributed by atoms with E-state index >= 15 is 0 Å². The van der Waals surface area contributed by atoms with Gasteiger partial charge in [-0.15, -0.1) is 0 Å². The zero-order valence-corrected chi connectivity index (χ0v) is 12.3. The van der Waals surface area contributed by atoms with E-state index in [1.807, 2.05) is 32.0 Å². The molecule has 100 valence electrons. The Kier molecular flexibility index (Phi) is 4.14. The van der Waals surface area contributed by atoms with Gasteiger partial charge in [-0.2, -0.15) is 0 Å². The second-order valence-corrected chi connectivity index (χ2v) is 5.47. The number of halogens is 1. The van der Waals surface area contributed by atoms with Gasteiger partial charge in [-0.1, -0.05) is 15.9 Å². The lowest BCUT2D eigenvalue weighted by molar-refractivity contribution is -0.141. The molecule has 0 bridgehead atoms. The highest BCUT2D eigenvalue weighted by Crippen LogP contribution is 2.31. The maximum absolute atomic E-state index is 5.71. The summed E-state index contributed by atoms with van der Waals surface area (Å²) in [4.78, 5) is 0. The zero-order valence-electron chi connectivity index (χ0n) is 10.7. The molecule has 1 unspecified atom stereocenters. The van der Waals surface area contributed by atoms with Gasteiger partial charge in [0.25, 0.3) is 0 Å². The standard InChI is InChI=1S/C13H17BrO4/c1-13(2)17-8-10(18-13)7-16-11-5-4-9(14)6-12(11)15-3/h4-6,10H,7-8H2,1-3H3. The van der Waals surface area contributed by atoms with E-state index in [-0.39, 0.29) is 6.10 Å². The van der Waals surface area contributed by atoms with Crippen LogP contribution in [0.1, 0.15) is 13.8 Å². The third kappa shape index (κ3) is 3.37. The van der Waals surface area contributed by atoms with Gasteiger partial charge in [-0.25, -0.2) is 0 Å². The van der Waals surface area contributed by atoms with Crippen LogP contribution in [0, 0.1) is 0 Å². The number of hydrogen-bond donors (Lipinski definition) is 0. The second kappa shape index (κ2) is 5.47. The van der Waals surface area contributed by atoms with Crippen LogP contribution in [0.3, 0.4) is 0 Å². The Morgan fingerprint density at radius 2 is 2.17 bits per heavy atom. The lowest BCUT2D eigenvalue weighted by Gasteiger charge is -2.17. The minimum atomic E-state index is -0.516. The fourth-order valence-electron chi connectivity index (χ4n) is 1.79. The van der Waals surface area contributed by atoms with Crippen molar-refractivity contribution >= 4 is 15.9 Å². The van der Waals surface area contributed by atoms with Crippen molar-refractivity contribution in [3.63, 3.8) is 0 Å². The molecule has 1 aliphatic rings. The highest BCUT2D eigenvalue weighted by molar-refractivity contribution is 9.10. The van der Waals surface area contributed by atoms with E-state index in [9.17, 15) is 0 Å². The molecular weight excluding hydrogens is 300 g/mol. The highest BCUT2D eigenvalue weighted by atomic mass is 79.9. The molecule has 1 aromatic carbocycles. The Morgan fingerprint density at radius 3 is 2.78 bits per heavy atom. The van der Waals surface area contributed by atoms with Crippen molar-refractivity contribution in [2.45, 2.75) is 25.7 Å². The third-order valence-corrected chi connectivity index (χ3v) is 3.11. The van der Waals surface area contributed by atoms with Crippen molar-refractivity contribution in [1.29, 1.82) is 0 Å². The van der Waals surface area contributed by atoms with Gasteiger partial charge in [-0.05, 0) is 32.0 Å². The summed E-state index contributed by atoms with van der Waals surface area (Å²) in [6.45, 7) is 4.79. The maximum Gasteiger partial charge on any atom is 0.163 e. The van der Waals surface area contributed by atoms with Crippen molar-refractivity contribution in [3.05, 3.63) is 22.7 Å². The predicted molar refractivity (Wildman–Crippen MR) is 71.1 cm³/mol. The van der Waals surface area contributed by atoms with E-state index in [1.54, 1.807) is 7.11 Å². The van der Waals surface area contributed by atoms with Crippen molar-refractivity contribution in [2.75, 3.05) is 20.3 Å². The smallest absolute Gasteiger partial charge is 0.163 e. The number of rotatable bonds is 4. The molecule has 0 aromatic heterocycles. The van der Waals surface area contributed by atoms with Crippen LogP contribution in [0.15, 0.2) is 22.7 Å². The van der Waals surface area contributed by atoms with Crippen LogP contribution in [0.25, 0.3) is 0 Å². The van der Waals surface area contributed by atoms with E-state index < -0.39 is 5.79 Å². The summed E-state index contributed by atoms with van der Waals surface area (Å²) in [6.07, 6.45) is -0.0478. The summed E-state index contributed by atoms with van der Waals surface area (Å²) < 4.78 is 23.1. The Labute approximate surface area is 115 Å². The monoisotopic (exact) mass is 316 g/mol. The molecule has 5 heteroatoms. The first-order chi connectivity index (χ1) is 8.50. The topological polar surface area (TPSA) is 36.9 Å². The molecule has 1 fully saturated rings. The van der Waals surface area contributed by atoms with Crippen LogP contribution >= 0.6 is 15.9 Å². The summed E-state index contributed by atoms with van der Waals surface area (Å²) in [5, 5.41) is 0. The summed E-state index contributed by atoms with van der Waals surface area (Å²) in [5.41, 5.74) is 0. The Bertz CT molecular complexity index is 419. The number of benzene rings is 1. The molecule has 4 nitrogen and oxygen atoms in total. The van der Waals surface area contributed by atoms with Gasteiger partial charge in [-0.3, -0.25) is 0 Å². The van der Waals surface area contributed by atoms with E-state index in [0.717, 1.165) is 4.47 Å². The average molecular weight is 317 g/mol. The van der Waals surface area contributed by atoms with Crippen LogP contribution in [0.5, 0.6) is 11.5 Å². The largest absolute Gasteiger partial charge is 0.493 e. The van der Waals surface area contributed by atoms with Gasteiger partial charge in [0.15, 0.2) is 17.3 Å². The predicted octanol–water partition coefficient (Wildman–Crippen LogP) is 2.99. The van der Waals surface area contributed by atoms with E-state index in [4.69, 9.17) is 18.9 Å². The van der Waals surface area contributed by atoms with Crippen molar-refractivity contribution < 1.29 is 18.9 Å². The first-order valence-electron chi connectivity index (χ1n) is 5.78. The van der Waals surface area contributed by atoms with Crippen LogP contribution in [0.2, 0.25) is 0 Å². The SMILES string of the molecule is COc1cc(Br)ccc1OCC1COC(C)(C)O1. The normalized spacial score (nSPS) is 21.9. The van der Waals surface area contributed by atoms with Gasteiger partial charge < -0.3 is 18.9 Å². The van der Waals surface area contributed by atoms with Crippen LogP contribution in [-0.4, -0.2) is 32.2 Å². The molecular formula is C13H17BrO4. The molecule has 0 N–H and O–H groups in total. The molecule has 0 amide bonds. The molecule has 1 atom stereocenters. The second-order valence-electron chi connectivity index (χ2n) is 4.56. The fraction of sp³-hybridized carbons (Fsp3) is 0.538. The number of methoxy groups -OCH3 is 1. The Morgan fingerprint density at radius 1 is 1.39 bits per heavy atom. The molecule has 1 saturated heterocycles. The lowest BCUT2D eigenvalue weighted by atomic mass is 10.3. The zero-order chi connectivity index (χ0) is 13.2. The van der Waals surface area contributed by atoms with Crippen molar-refractivity contribution in [1.82, 2.24) is 0 Å². The first-order valence-corrected chi connectivity index (χ1v) is 6.57. The summed E-state index contributed by atoms with van der Waals surface area (Å²) in [5.74, 6) is 0.884. The van der Waals surface area contributed by atoms with Gasteiger partial charge in [0, 0.05) is 4.47 Å². The highest BCUT2D eigenvalue weighted by Gasteiger charge is 2.33. The molecule has 1 aliphatic heterocycles. The third-order valence-electron chi connectivity index (χ3n) is 2.62. The Hall–Kier alpha value is -0.780. The summed E-state index contributed by atoms with van der Waals surface area (Å²) in [7, 11) is 1.62. The first kappa shape index (κ1) is 13.6. The molecule has 0 saturated carbocycles. The quantitative estimate of drug-likeness (QED) is 0.855. The van der Waals surface area contributed by atoms with Gasteiger partial charge in [0.2, 0.25) is 0 Å². The maximum atomic E-state index is 5.71. The molecule has 18 heavy (non-hydrogen) atoms. The van der Waals surface area contributed by atoms with Crippen LogP contribution in [0.4, 0.5) is 0 Å². The van der Waals surface area contributed by atoms with E-state index in [0.29, 0.717) is 24.7 Å². The van der Waals surface area contributed by atoms with Crippen LogP contribution in [-0.2, 0) is 9.47 Å². The average Bonchev–Trinajstić information content (AvgIpc) is 2.67. The van der Waals surface area contributed by atoms with E-state index in [1.165, 1.54) is 0 Å². The minimum absolute atomic E-state index is 0.0478. The molecule has 0 spiro atoms. The molecule has 0 radical (unpaired) electrons. The molecule has 1 heterocycles. The molecule has 0 aliphatic carbocycles. The van der Waals surface area contributed by atoms with Crippen LogP contribution < -0.4 is 9.47 Å².